The quantitative estimate of drug-likeness (QED) is 0.0222. The Hall–Kier alpha value is -1.94. The summed E-state index contributed by atoms with van der Waals surface area (Å²) in [6, 6.07) is 0. The minimum Gasteiger partial charge on any atom is -0.462 e. The van der Waals surface area contributed by atoms with Crippen LogP contribution in [0.15, 0.2) is 0 Å². The molecule has 0 aliphatic heterocycles. The van der Waals surface area contributed by atoms with Gasteiger partial charge in [-0.2, -0.15) is 0 Å². The standard InChI is InChI=1S/C77H150O17P2/c1-6-9-12-15-17-19-21-23-25-27-29-31-33-35-39-43-47-52-57-62-77(82)94-73(67-88-75(80)61-56-51-46-42-38-34-32-30-28-26-24-22-20-18-16-13-10-7-2)69-92-96(85,86)90-65-71(78)64-89-95(83,84)91-68-72(66-87-74(79)60-55-49-14-11-8-3)93-76(81)63-58-53-48-44-40-36-37-41-45-50-54-59-70(4)5/h70-73,78H,6-69H2,1-5H3,(H,83,84)(H,85,86)/t71-,72+,73+/m0/s1. The van der Waals surface area contributed by atoms with Crippen LogP contribution in [0, 0.1) is 5.92 Å². The molecule has 0 aliphatic carbocycles. The lowest BCUT2D eigenvalue weighted by molar-refractivity contribution is -0.161. The zero-order chi connectivity index (χ0) is 70.5. The van der Waals surface area contributed by atoms with Gasteiger partial charge < -0.3 is 33.8 Å². The third kappa shape index (κ3) is 70.5. The van der Waals surface area contributed by atoms with Crippen LogP contribution in [0.5, 0.6) is 0 Å². The summed E-state index contributed by atoms with van der Waals surface area (Å²) in [6.45, 7) is 7.21. The van der Waals surface area contributed by atoms with E-state index < -0.39 is 97.5 Å². The maximum Gasteiger partial charge on any atom is 0.472 e. The van der Waals surface area contributed by atoms with Crippen molar-refractivity contribution in [3.63, 3.8) is 0 Å². The van der Waals surface area contributed by atoms with Gasteiger partial charge in [0.25, 0.3) is 0 Å². The lowest BCUT2D eigenvalue weighted by Gasteiger charge is -2.21. The molecule has 17 nitrogen and oxygen atoms in total. The Kier molecular flexibility index (Phi) is 68.7. The predicted octanol–water partition coefficient (Wildman–Crippen LogP) is 22.9. The van der Waals surface area contributed by atoms with Gasteiger partial charge in [0.05, 0.1) is 26.4 Å². The molecule has 0 aromatic rings. The van der Waals surface area contributed by atoms with Crippen molar-refractivity contribution in [1.29, 1.82) is 0 Å². The van der Waals surface area contributed by atoms with Crippen LogP contribution < -0.4 is 0 Å². The summed E-state index contributed by atoms with van der Waals surface area (Å²) in [4.78, 5) is 72.6. The molecule has 0 aliphatic rings. The molecule has 2 unspecified atom stereocenters. The third-order valence-electron chi connectivity index (χ3n) is 18.0. The largest absolute Gasteiger partial charge is 0.472 e. The van der Waals surface area contributed by atoms with E-state index in [9.17, 15) is 43.2 Å². The molecule has 0 heterocycles. The third-order valence-corrected chi connectivity index (χ3v) is 19.9. The van der Waals surface area contributed by atoms with Gasteiger partial charge >= 0.3 is 39.5 Å². The normalized spacial score (nSPS) is 13.9. The molecule has 0 saturated carbocycles. The Morgan fingerprint density at radius 2 is 0.479 bits per heavy atom. The molecule has 0 spiro atoms. The number of ether oxygens (including phenoxy) is 4. The summed E-state index contributed by atoms with van der Waals surface area (Å²) in [7, 11) is -9.90. The second-order valence-corrected chi connectivity index (χ2v) is 31.1. The minimum absolute atomic E-state index is 0.106. The first-order chi connectivity index (χ1) is 46.5. The first-order valence-corrected chi connectivity index (χ1v) is 43.1. The first kappa shape index (κ1) is 94.1. The average molecular weight is 1410 g/mol. The molecule has 0 bridgehead atoms. The average Bonchev–Trinajstić information content (AvgIpc) is 2.60. The van der Waals surface area contributed by atoms with Gasteiger partial charge in [0, 0.05) is 25.7 Å². The van der Waals surface area contributed by atoms with Crippen molar-refractivity contribution in [3.8, 4) is 0 Å². The van der Waals surface area contributed by atoms with Crippen molar-refractivity contribution in [3.05, 3.63) is 0 Å². The molecule has 0 radical (unpaired) electrons. The van der Waals surface area contributed by atoms with Crippen molar-refractivity contribution in [2.75, 3.05) is 39.6 Å². The van der Waals surface area contributed by atoms with Gasteiger partial charge in [0.1, 0.15) is 19.3 Å². The number of rotatable bonds is 77. The van der Waals surface area contributed by atoms with Crippen LogP contribution in [-0.4, -0.2) is 96.7 Å². The van der Waals surface area contributed by atoms with Crippen molar-refractivity contribution in [2.45, 2.75) is 425 Å². The lowest BCUT2D eigenvalue weighted by atomic mass is 10.0. The molecule has 0 rings (SSSR count). The predicted molar refractivity (Wildman–Crippen MR) is 391 cm³/mol. The van der Waals surface area contributed by atoms with E-state index in [1.807, 2.05) is 0 Å². The van der Waals surface area contributed by atoms with Gasteiger partial charge in [-0.3, -0.25) is 37.3 Å². The fraction of sp³-hybridized carbons (Fsp3) is 0.948. The summed E-state index contributed by atoms with van der Waals surface area (Å²) < 4.78 is 68.3. The van der Waals surface area contributed by atoms with Crippen LogP contribution in [0.1, 0.15) is 407 Å². The Bertz CT molecular complexity index is 1840. The first-order valence-electron chi connectivity index (χ1n) is 40.1. The van der Waals surface area contributed by atoms with Crippen molar-refractivity contribution in [2.24, 2.45) is 5.92 Å². The lowest BCUT2D eigenvalue weighted by Crippen LogP contribution is -2.30. The summed E-state index contributed by atoms with van der Waals surface area (Å²) in [5.41, 5.74) is 0. The maximum absolute atomic E-state index is 13.1. The Labute approximate surface area is 588 Å². The molecule has 5 atom stereocenters. The number of carbonyl (C=O) groups excluding carboxylic acids is 4. The molecule has 3 N–H and O–H groups in total. The highest BCUT2D eigenvalue weighted by Crippen LogP contribution is 2.45. The molecule has 0 saturated heterocycles. The second-order valence-electron chi connectivity index (χ2n) is 28.2. The van der Waals surface area contributed by atoms with Crippen LogP contribution >= 0.6 is 15.6 Å². The Balaban J connectivity index is 5.13. The zero-order valence-corrected chi connectivity index (χ0v) is 64.3. The van der Waals surface area contributed by atoms with Crippen molar-refractivity contribution >= 4 is 39.5 Å². The van der Waals surface area contributed by atoms with Gasteiger partial charge in [-0.1, -0.05) is 356 Å². The Morgan fingerprint density at radius 3 is 0.708 bits per heavy atom. The van der Waals surface area contributed by atoms with E-state index in [4.69, 9.17) is 37.0 Å². The maximum atomic E-state index is 13.1. The van der Waals surface area contributed by atoms with E-state index >= 15 is 0 Å². The number of hydrogen-bond acceptors (Lipinski definition) is 15. The topological polar surface area (TPSA) is 237 Å². The zero-order valence-electron chi connectivity index (χ0n) is 62.5. The number of phosphoric acid groups is 2. The second kappa shape index (κ2) is 70.1. The molecule has 0 aromatic heterocycles. The number of aliphatic hydroxyl groups is 1. The number of aliphatic hydroxyl groups excluding tert-OH is 1. The molecule has 19 heteroatoms. The van der Waals surface area contributed by atoms with Crippen molar-refractivity contribution in [1.82, 2.24) is 0 Å². The number of esters is 4. The van der Waals surface area contributed by atoms with E-state index in [1.54, 1.807) is 0 Å². The summed E-state index contributed by atoms with van der Waals surface area (Å²) in [5.74, 6) is -1.36. The van der Waals surface area contributed by atoms with Gasteiger partial charge in [-0.05, 0) is 31.6 Å². The fourth-order valence-corrected chi connectivity index (χ4v) is 13.5. The molecule has 0 fully saturated rings. The molecule has 96 heavy (non-hydrogen) atoms. The molecular formula is C77H150O17P2. The minimum atomic E-state index is -4.96. The van der Waals surface area contributed by atoms with Gasteiger partial charge in [0.2, 0.25) is 0 Å². The van der Waals surface area contributed by atoms with Crippen LogP contribution in [-0.2, 0) is 65.4 Å². The van der Waals surface area contributed by atoms with E-state index in [2.05, 4.69) is 34.6 Å². The smallest absolute Gasteiger partial charge is 0.462 e. The highest BCUT2D eigenvalue weighted by Gasteiger charge is 2.30. The SMILES string of the molecule is CCCCCCCCCCCCCCCCCCCCCC(=O)O[C@H](COC(=O)CCCCCCCCCCCCCCCCCCCC)COP(=O)(O)OC[C@@H](O)COP(=O)(O)OC[C@@H](COC(=O)CCCCCCC)OC(=O)CCCCCCCCCCCCCC(C)C. The van der Waals surface area contributed by atoms with E-state index in [-0.39, 0.29) is 25.7 Å². The van der Waals surface area contributed by atoms with Crippen LogP contribution in [0.2, 0.25) is 0 Å². The highest BCUT2D eigenvalue weighted by molar-refractivity contribution is 7.47. The van der Waals surface area contributed by atoms with E-state index in [1.165, 1.54) is 225 Å². The van der Waals surface area contributed by atoms with E-state index in [0.717, 1.165) is 102 Å². The molecule has 0 aromatic carbocycles. The number of unbranched alkanes of at least 4 members (excludes halogenated alkanes) is 49. The molecule has 570 valence electrons. The fourth-order valence-electron chi connectivity index (χ4n) is 11.9. The number of phosphoric ester groups is 2. The van der Waals surface area contributed by atoms with Crippen LogP contribution in [0.4, 0.5) is 0 Å². The highest BCUT2D eigenvalue weighted by atomic mass is 31.2. The van der Waals surface area contributed by atoms with Gasteiger partial charge in [0.15, 0.2) is 12.2 Å². The number of hydrogen-bond donors (Lipinski definition) is 3. The summed E-state index contributed by atoms with van der Waals surface area (Å²) >= 11 is 0. The number of carbonyl (C=O) groups is 4. The van der Waals surface area contributed by atoms with Crippen LogP contribution in [0.25, 0.3) is 0 Å². The molecule has 0 amide bonds. The van der Waals surface area contributed by atoms with Crippen molar-refractivity contribution < 1.29 is 80.2 Å². The van der Waals surface area contributed by atoms with E-state index in [0.29, 0.717) is 25.7 Å². The Morgan fingerprint density at radius 1 is 0.281 bits per heavy atom. The van der Waals surface area contributed by atoms with Gasteiger partial charge in [-0.15, -0.1) is 0 Å². The monoisotopic (exact) mass is 1410 g/mol. The molecular weight excluding hydrogens is 1260 g/mol. The summed E-state index contributed by atoms with van der Waals surface area (Å²) in [5, 5.41) is 10.6. The summed E-state index contributed by atoms with van der Waals surface area (Å²) in [6.07, 6.45) is 60.1. The van der Waals surface area contributed by atoms with Gasteiger partial charge in [-0.25, -0.2) is 9.13 Å². The van der Waals surface area contributed by atoms with Crippen LogP contribution in [0.3, 0.4) is 0 Å².